The van der Waals surface area contributed by atoms with Gasteiger partial charge in [0, 0.05) is 18.7 Å². The summed E-state index contributed by atoms with van der Waals surface area (Å²) in [5.41, 5.74) is 1.53. The highest BCUT2D eigenvalue weighted by Gasteiger charge is 2.26. The summed E-state index contributed by atoms with van der Waals surface area (Å²) in [7, 11) is 2.05. The van der Waals surface area contributed by atoms with Crippen LogP contribution in [0.3, 0.4) is 0 Å². The Bertz CT molecular complexity index is 303. The minimum atomic E-state index is 0.273. The van der Waals surface area contributed by atoms with Gasteiger partial charge in [-0.2, -0.15) is 0 Å². The fraction of sp³-hybridized carbons (Fsp3) is 0.786. The highest BCUT2D eigenvalue weighted by Crippen LogP contribution is 2.31. The molecule has 0 bridgehead atoms. The molecule has 92 valence electrons. The van der Waals surface area contributed by atoms with Crippen molar-refractivity contribution in [1.82, 2.24) is 9.55 Å². The third-order valence-corrected chi connectivity index (χ3v) is 3.69. The molecular formula is C14H26N2. The van der Waals surface area contributed by atoms with Crippen LogP contribution in [-0.2, 0) is 12.5 Å². The van der Waals surface area contributed by atoms with Crippen molar-refractivity contribution in [2.24, 2.45) is 7.05 Å². The molecule has 0 aliphatic rings. The molecule has 1 rings (SSSR count). The zero-order chi connectivity index (χ0) is 12.0. The molecule has 0 fully saturated rings. The number of imidazole rings is 1. The first-order chi connectivity index (χ1) is 7.62. The predicted molar refractivity (Wildman–Crippen MR) is 69.6 cm³/mol. The number of nitrogens with zero attached hydrogens (tertiary/aromatic N) is 2. The van der Waals surface area contributed by atoms with Gasteiger partial charge in [-0.15, -0.1) is 0 Å². The van der Waals surface area contributed by atoms with Gasteiger partial charge in [0.05, 0.1) is 12.0 Å². The van der Waals surface area contributed by atoms with Gasteiger partial charge in [-0.3, -0.25) is 0 Å². The van der Waals surface area contributed by atoms with Crippen molar-refractivity contribution in [3.05, 3.63) is 18.2 Å². The van der Waals surface area contributed by atoms with E-state index in [-0.39, 0.29) is 5.41 Å². The monoisotopic (exact) mass is 222 g/mol. The highest BCUT2D eigenvalue weighted by atomic mass is 15.0. The molecule has 0 aliphatic carbocycles. The first-order valence-corrected chi connectivity index (χ1v) is 6.61. The lowest BCUT2D eigenvalue weighted by Gasteiger charge is -2.26. The van der Waals surface area contributed by atoms with E-state index < -0.39 is 0 Å². The van der Waals surface area contributed by atoms with Crippen LogP contribution in [-0.4, -0.2) is 9.55 Å². The molecule has 0 spiro atoms. The van der Waals surface area contributed by atoms with Crippen LogP contribution >= 0.6 is 0 Å². The summed E-state index contributed by atoms with van der Waals surface area (Å²) in [4.78, 5) is 4.52. The molecule has 0 radical (unpaired) electrons. The molecule has 0 aromatic carbocycles. The van der Waals surface area contributed by atoms with Gasteiger partial charge in [0.2, 0.25) is 0 Å². The minimum absolute atomic E-state index is 0.273. The smallest absolute Gasteiger partial charge is 0.0947 e. The summed E-state index contributed by atoms with van der Waals surface area (Å²) in [6, 6.07) is 0. The molecule has 16 heavy (non-hydrogen) atoms. The van der Waals surface area contributed by atoms with E-state index in [1.807, 2.05) is 13.4 Å². The topological polar surface area (TPSA) is 17.8 Å². The van der Waals surface area contributed by atoms with E-state index in [4.69, 9.17) is 0 Å². The molecule has 2 nitrogen and oxygen atoms in total. The Labute approximate surface area is 100 Å². The minimum Gasteiger partial charge on any atom is -0.340 e. The first-order valence-electron chi connectivity index (χ1n) is 6.61. The Kier molecular flexibility index (Phi) is 5.04. The van der Waals surface area contributed by atoms with Crippen LogP contribution in [0.5, 0.6) is 0 Å². The van der Waals surface area contributed by atoms with Crippen LogP contribution in [0.25, 0.3) is 0 Å². The number of hydrogen-bond donors (Lipinski definition) is 0. The fourth-order valence-electron chi connectivity index (χ4n) is 2.15. The lowest BCUT2D eigenvalue weighted by molar-refractivity contribution is 0.387. The van der Waals surface area contributed by atoms with Gasteiger partial charge in [0.25, 0.3) is 0 Å². The molecule has 1 atom stereocenters. The van der Waals surface area contributed by atoms with Crippen LogP contribution in [0.2, 0.25) is 0 Å². The summed E-state index contributed by atoms with van der Waals surface area (Å²) in [5.74, 6) is 0. The van der Waals surface area contributed by atoms with Gasteiger partial charge in [-0.1, -0.05) is 46.5 Å². The lowest BCUT2D eigenvalue weighted by Crippen LogP contribution is -2.21. The van der Waals surface area contributed by atoms with E-state index >= 15 is 0 Å². The zero-order valence-electron chi connectivity index (χ0n) is 11.3. The van der Waals surface area contributed by atoms with Crippen LogP contribution in [0.1, 0.15) is 65.0 Å². The molecule has 0 N–H and O–H groups in total. The van der Waals surface area contributed by atoms with E-state index in [1.165, 1.54) is 44.2 Å². The zero-order valence-corrected chi connectivity index (χ0v) is 11.3. The maximum Gasteiger partial charge on any atom is 0.0947 e. The second-order valence-electron chi connectivity index (χ2n) is 5.15. The van der Waals surface area contributed by atoms with E-state index in [0.717, 1.165) is 0 Å². The van der Waals surface area contributed by atoms with Crippen molar-refractivity contribution in [2.45, 2.75) is 64.7 Å². The summed E-state index contributed by atoms with van der Waals surface area (Å²) in [6.45, 7) is 6.88. The second kappa shape index (κ2) is 6.07. The summed E-state index contributed by atoms with van der Waals surface area (Å²) >= 11 is 0. The van der Waals surface area contributed by atoms with E-state index in [9.17, 15) is 0 Å². The molecule has 1 heterocycles. The maximum atomic E-state index is 4.52. The fourth-order valence-corrected chi connectivity index (χ4v) is 2.15. The van der Waals surface area contributed by atoms with Gasteiger partial charge in [-0.25, -0.2) is 4.98 Å². The first kappa shape index (κ1) is 13.3. The second-order valence-corrected chi connectivity index (χ2v) is 5.15. The number of aromatic nitrogens is 2. The summed E-state index contributed by atoms with van der Waals surface area (Å²) in [6.07, 6.45) is 11.9. The maximum absolute atomic E-state index is 4.52. The summed E-state index contributed by atoms with van der Waals surface area (Å²) < 4.78 is 2.05. The number of rotatable bonds is 7. The van der Waals surface area contributed by atoms with Crippen molar-refractivity contribution in [3.8, 4) is 0 Å². The average molecular weight is 222 g/mol. The van der Waals surface area contributed by atoms with Gasteiger partial charge in [-0.05, 0) is 12.8 Å². The van der Waals surface area contributed by atoms with Crippen LogP contribution in [0, 0.1) is 0 Å². The molecule has 2 heteroatoms. The predicted octanol–water partition coefficient (Wildman–Crippen LogP) is 4.06. The lowest BCUT2D eigenvalue weighted by atomic mass is 9.79. The Balaban J connectivity index is 2.56. The SMILES string of the molecule is CCCCCCC(C)(CC)c1cn(C)cn1. The standard InChI is InChI=1S/C14H26N2/c1-5-7-8-9-10-14(3,6-2)13-11-16(4)12-15-13/h11-12H,5-10H2,1-4H3. The molecule has 0 saturated carbocycles. The normalized spacial score (nSPS) is 15.0. The van der Waals surface area contributed by atoms with Crippen molar-refractivity contribution in [1.29, 1.82) is 0 Å². The highest BCUT2D eigenvalue weighted by molar-refractivity contribution is 5.12. The number of hydrogen-bond acceptors (Lipinski definition) is 1. The number of unbranched alkanes of at least 4 members (excludes halogenated alkanes) is 3. The van der Waals surface area contributed by atoms with Crippen molar-refractivity contribution >= 4 is 0 Å². The van der Waals surface area contributed by atoms with Crippen LogP contribution in [0.4, 0.5) is 0 Å². The molecular weight excluding hydrogens is 196 g/mol. The molecule has 1 aromatic rings. The molecule has 0 saturated heterocycles. The van der Waals surface area contributed by atoms with E-state index in [0.29, 0.717) is 0 Å². The Hall–Kier alpha value is -0.790. The van der Waals surface area contributed by atoms with Crippen LogP contribution in [0.15, 0.2) is 12.5 Å². The quantitative estimate of drug-likeness (QED) is 0.636. The average Bonchev–Trinajstić information content (AvgIpc) is 2.71. The Morgan fingerprint density at radius 2 is 2.00 bits per heavy atom. The summed E-state index contributed by atoms with van der Waals surface area (Å²) in [5, 5.41) is 0. The van der Waals surface area contributed by atoms with E-state index in [2.05, 4.69) is 36.5 Å². The number of aryl methyl sites for hydroxylation is 1. The molecule has 0 amide bonds. The molecule has 1 aromatic heterocycles. The van der Waals surface area contributed by atoms with Crippen molar-refractivity contribution in [3.63, 3.8) is 0 Å². The third kappa shape index (κ3) is 3.36. The van der Waals surface area contributed by atoms with Crippen molar-refractivity contribution < 1.29 is 0 Å². The molecule has 1 unspecified atom stereocenters. The van der Waals surface area contributed by atoms with E-state index in [1.54, 1.807) is 0 Å². The largest absolute Gasteiger partial charge is 0.340 e. The molecule has 0 aliphatic heterocycles. The Morgan fingerprint density at radius 1 is 1.25 bits per heavy atom. The Morgan fingerprint density at radius 3 is 2.50 bits per heavy atom. The van der Waals surface area contributed by atoms with Gasteiger partial charge in [0.1, 0.15) is 0 Å². The van der Waals surface area contributed by atoms with Gasteiger partial charge >= 0.3 is 0 Å². The third-order valence-electron chi connectivity index (χ3n) is 3.69. The van der Waals surface area contributed by atoms with Gasteiger partial charge < -0.3 is 4.57 Å². The van der Waals surface area contributed by atoms with Crippen LogP contribution < -0.4 is 0 Å². The van der Waals surface area contributed by atoms with Gasteiger partial charge in [0.15, 0.2) is 0 Å². The van der Waals surface area contributed by atoms with Crippen molar-refractivity contribution in [2.75, 3.05) is 0 Å².